The van der Waals surface area contributed by atoms with E-state index in [4.69, 9.17) is 13.6 Å². The molecular formula is C48H91O5P. The summed E-state index contributed by atoms with van der Waals surface area (Å²) in [6.45, 7) is 11.9. The number of hydrogen-bond acceptors (Lipinski definition) is 5. The SMILES string of the molecule is CCCCCCCCCCCCCCCCCCOP(=O)(OCCCCCCCCCCCCCCCCCC)OCc1ccc(CO)c(C(C)(C)C)c1. The maximum absolute atomic E-state index is 13.8. The second-order valence-electron chi connectivity index (χ2n) is 17.4. The molecule has 0 aliphatic heterocycles. The van der Waals surface area contributed by atoms with Gasteiger partial charge in [0, 0.05) is 0 Å². The zero-order valence-corrected chi connectivity index (χ0v) is 37.6. The van der Waals surface area contributed by atoms with E-state index < -0.39 is 7.82 Å². The van der Waals surface area contributed by atoms with Crippen LogP contribution in [0.1, 0.15) is 257 Å². The summed E-state index contributed by atoms with van der Waals surface area (Å²) in [6, 6.07) is 5.94. The molecule has 318 valence electrons. The summed E-state index contributed by atoms with van der Waals surface area (Å²) in [7, 11) is -3.69. The summed E-state index contributed by atoms with van der Waals surface area (Å²) in [5.74, 6) is 0. The molecule has 1 N–H and O–H groups in total. The highest BCUT2D eigenvalue weighted by molar-refractivity contribution is 7.48. The summed E-state index contributed by atoms with van der Waals surface area (Å²) in [4.78, 5) is 0. The molecule has 6 heteroatoms. The molecule has 0 aromatic heterocycles. The van der Waals surface area contributed by atoms with Gasteiger partial charge in [-0.25, -0.2) is 4.57 Å². The molecule has 0 spiro atoms. The van der Waals surface area contributed by atoms with Crippen molar-refractivity contribution >= 4 is 7.82 Å². The normalized spacial score (nSPS) is 12.3. The van der Waals surface area contributed by atoms with Crippen molar-refractivity contribution in [3.05, 3.63) is 34.9 Å². The molecule has 1 aromatic carbocycles. The quantitative estimate of drug-likeness (QED) is 0.0531. The number of rotatable bonds is 40. The molecule has 54 heavy (non-hydrogen) atoms. The Kier molecular flexibility index (Phi) is 33.7. The summed E-state index contributed by atoms with van der Waals surface area (Å²) < 4.78 is 31.6. The van der Waals surface area contributed by atoms with Crippen LogP contribution in [0.15, 0.2) is 18.2 Å². The van der Waals surface area contributed by atoms with Gasteiger partial charge in [-0.05, 0) is 34.9 Å². The molecule has 0 fully saturated rings. The van der Waals surface area contributed by atoms with Crippen molar-refractivity contribution < 1.29 is 23.2 Å². The van der Waals surface area contributed by atoms with Gasteiger partial charge in [0.1, 0.15) is 0 Å². The Hall–Kier alpha value is -0.710. The lowest BCUT2D eigenvalue weighted by Gasteiger charge is -2.24. The first-order valence-corrected chi connectivity index (χ1v) is 25.0. The molecule has 1 aromatic rings. The van der Waals surface area contributed by atoms with Gasteiger partial charge in [-0.3, -0.25) is 13.6 Å². The van der Waals surface area contributed by atoms with E-state index in [-0.39, 0.29) is 18.6 Å². The number of phosphoric acid groups is 1. The van der Waals surface area contributed by atoms with Gasteiger partial charge in [-0.1, -0.05) is 245 Å². The van der Waals surface area contributed by atoms with Crippen molar-refractivity contribution in [3.8, 4) is 0 Å². The van der Waals surface area contributed by atoms with E-state index in [1.165, 1.54) is 180 Å². The number of unbranched alkanes of at least 4 members (excludes halogenated alkanes) is 30. The van der Waals surface area contributed by atoms with Crippen LogP contribution in [0, 0.1) is 0 Å². The van der Waals surface area contributed by atoms with E-state index in [0.717, 1.165) is 42.4 Å². The molecule has 0 saturated heterocycles. The Bertz CT molecular complexity index is 963. The molecule has 0 radical (unpaired) electrons. The van der Waals surface area contributed by atoms with Crippen molar-refractivity contribution in [2.75, 3.05) is 13.2 Å². The smallest absolute Gasteiger partial charge is 0.392 e. The minimum atomic E-state index is -3.69. The fourth-order valence-corrected chi connectivity index (χ4v) is 8.70. The molecule has 0 heterocycles. The van der Waals surface area contributed by atoms with Crippen LogP contribution < -0.4 is 0 Å². The van der Waals surface area contributed by atoms with Gasteiger partial charge in [0.2, 0.25) is 0 Å². The Labute approximate surface area is 336 Å². The molecule has 0 aliphatic rings. The topological polar surface area (TPSA) is 65.0 Å². The van der Waals surface area contributed by atoms with E-state index in [9.17, 15) is 9.67 Å². The lowest BCUT2D eigenvalue weighted by Crippen LogP contribution is -2.15. The Morgan fingerprint density at radius 1 is 0.481 bits per heavy atom. The van der Waals surface area contributed by atoms with Crippen LogP contribution >= 0.6 is 7.82 Å². The van der Waals surface area contributed by atoms with Gasteiger partial charge in [-0.15, -0.1) is 0 Å². The molecular weight excluding hydrogens is 687 g/mol. The fourth-order valence-electron chi connectivity index (χ4n) is 7.47. The van der Waals surface area contributed by atoms with Crippen molar-refractivity contribution in [2.45, 2.75) is 259 Å². The van der Waals surface area contributed by atoms with Crippen LogP contribution in [-0.2, 0) is 36.8 Å². The zero-order valence-electron chi connectivity index (χ0n) is 36.7. The number of aliphatic hydroxyl groups excluding tert-OH is 1. The lowest BCUT2D eigenvalue weighted by molar-refractivity contribution is 0.105. The van der Waals surface area contributed by atoms with E-state index in [0.29, 0.717) is 13.2 Å². The van der Waals surface area contributed by atoms with Gasteiger partial charge >= 0.3 is 7.82 Å². The largest absolute Gasteiger partial charge is 0.475 e. The molecule has 0 aliphatic carbocycles. The summed E-state index contributed by atoms with van der Waals surface area (Å²) >= 11 is 0. The Balaban J connectivity index is 2.32. The second-order valence-corrected chi connectivity index (χ2v) is 19.1. The number of hydrogen-bond donors (Lipinski definition) is 1. The summed E-state index contributed by atoms with van der Waals surface area (Å²) in [5, 5.41) is 9.87. The number of aliphatic hydroxyl groups is 1. The van der Waals surface area contributed by atoms with Gasteiger partial charge in [0.25, 0.3) is 0 Å². The number of benzene rings is 1. The first-order valence-electron chi connectivity index (χ1n) is 23.5. The van der Waals surface area contributed by atoms with Crippen molar-refractivity contribution in [3.63, 3.8) is 0 Å². The standard InChI is InChI=1S/C48H91O5P/c1-6-8-10-12-14-16-18-20-22-24-26-28-30-32-34-36-40-51-54(50,53-44-45-38-39-46(43-49)47(42-45)48(3,4)5)52-41-37-35-33-31-29-27-25-23-21-19-17-15-13-11-9-7-2/h38-39,42,49H,6-37,40-41,43-44H2,1-5H3. The monoisotopic (exact) mass is 779 g/mol. The lowest BCUT2D eigenvalue weighted by atomic mass is 9.83. The molecule has 0 amide bonds. The average molecular weight is 779 g/mol. The van der Waals surface area contributed by atoms with E-state index in [1.807, 2.05) is 12.1 Å². The van der Waals surface area contributed by atoms with Gasteiger partial charge in [0.05, 0.1) is 26.4 Å². The van der Waals surface area contributed by atoms with E-state index in [2.05, 4.69) is 40.7 Å². The van der Waals surface area contributed by atoms with Crippen LogP contribution in [0.4, 0.5) is 0 Å². The molecule has 0 atom stereocenters. The van der Waals surface area contributed by atoms with E-state index in [1.54, 1.807) is 0 Å². The Morgan fingerprint density at radius 2 is 0.796 bits per heavy atom. The van der Waals surface area contributed by atoms with Gasteiger partial charge in [0.15, 0.2) is 0 Å². The highest BCUT2D eigenvalue weighted by Gasteiger charge is 2.27. The third-order valence-electron chi connectivity index (χ3n) is 11.0. The van der Waals surface area contributed by atoms with E-state index >= 15 is 0 Å². The minimum absolute atomic E-state index is 0.00290. The van der Waals surface area contributed by atoms with Crippen LogP contribution in [-0.4, -0.2) is 18.3 Å². The van der Waals surface area contributed by atoms with Crippen LogP contribution in [0.5, 0.6) is 0 Å². The predicted molar refractivity (Wildman–Crippen MR) is 234 cm³/mol. The van der Waals surface area contributed by atoms with Crippen molar-refractivity contribution in [1.82, 2.24) is 0 Å². The summed E-state index contributed by atoms with van der Waals surface area (Å²) in [6.07, 6.45) is 42.1. The third-order valence-corrected chi connectivity index (χ3v) is 12.5. The summed E-state index contributed by atoms with van der Waals surface area (Å²) in [5.41, 5.74) is 2.78. The van der Waals surface area contributed by atoms with Gasteiger partial charge in [-0.2, -0.15) is 0 Å². The maximum Gasteiger partial charge on any atom is 0.475 e. The van der Waals surface area contributed by atoms with Crippen LogP contribution in [0.3, 0.4) is 0 Å². The first kappa shape index (κ1) is 51.3. The van der Waals surface area contributed by atoms with Crippen molar-refractivity contribution in [1.29, 1.82) is 0 Å². The van der Waals surface area contributed by atoms with Gasteiger partial charge < -0.3 is 5.11 Å². The first-order chi connectivity index (χ1) is 26.3. The number of phosphoric ester groups is 1. The maximum atomic E-state index is 13.8. The van der Waals surface area contributed by atoms with Crippen LogP contribution in [0.25, 0.3) is 0 Å². The highest BCUT2D eigenvalue weighted by atomic mass is 31.2. The zero-order chi connectivity index (χ0) is 39.4. The highest BCUT2D eigenvalue weighted by Crippen LogP contribution is 2.50. The molecule has 0 unspecified atom stereocenters. The second kappa shape index (κ2) is 35.5. The molecule has 0 saturated carbocycles. The van der Waals surface area contributed by atoms with Crippen molar-refractivity contribution in [2.24, 2.45) is 0 Å². The third kappa shape index (κ3) is 29.5. The Morgan fingerprint density at radius 3 is 1.09 bits per heavy atom. The fraction of sp³-hybridized carbons (Fsp3) is 0.875. The van der Waals surface area contributed by atoms with Crippen LogP contribution in [0.2, 0.25) is 0 Å². The molecule has 0 bridgehead atoms. The average Bonchev–Trinajstić information content (AvgIpc) is 3.16. The predicted octanol–water partition coefficient (Wildman–Crippen LogP) is 16.7. The molecule has 5 nitrogen and oxygen atoms in total. The minimum Gasteiger partial charge on any atom is -0.392 e. The molecule has 1 rings (SSSR count).